The first kappa shape index (κ1) is 17.1. The van der Waals surface area contributed by atoms with E-state index in [-0.39, 0.29) is 0 Å². The van der Waals surface area contributed by atoms with Gasteiger partial charge in [-0.1, -0.05) is 30.3 Å². The van der Waals surface area contributed by atoms with Gasteiger partial charge in [-0.15, -0.1) is 5.10 Å². The van der Waals surface area contributed by atoms with Gasteiger partial charge in [-0.05, 0) is 53.5 Å². The van der Waals surface area contributed by atoms with Crippen LogP contribution in [0.3, 0.4) is 0 Å². The minimum atomic E-state index is 0.689. The summed E-state index contributed by atoms with van der Waals surface area (Å²) in [4.78, 5) is 9.23. The van der Waals surface area contributed by atoms with E-state index in [4.69, 9.17) is 4.98 Å². The van der Waals surface area contributed by atoms with Crippen molar-refractivity contribution in [3.63, 3.8) is 0 Å². The smallest absolute Gasteiger partial charge is 0.182 e. The van der Waals surface area contributed by atoms with Crippen LogP contribution in [-0.2, 0) is 6.54 Å². The highest BCUT2D eigenvalue weighted by Gasteiger charge is 2.12. The van der Waals surface area contributed by atoms with Crippen molar-refractivity contribution < 1.29 is 0 Å². The molecule has 0 aliphatic carbocycles. The molecule has 7 heteroatoms. The molecule has 0 unspecified atom stereocenters. The van der Waals surface area contributed by atoms with Gasteiger partial charge in [0.2, 0.25) is 0 Å². The molecule has 6 nitrogen and oxygen atoms in total. The maximum atomic E-state index is 4.78. The van der Waals surface area contributed by atoms with Crippen molar-refractivity contribution in [2.75, 3.05) is 0 Å². The van der Waals surface area contributed by atoms with Gasteiger partial charge < -0.3 is 0 Å². The summed E-state index contributed by atoms with van der Waals surface area (Å²) >= 11 is 3.59. The highest BCUT2D eigenvalue weighted by Crippen LogP contribution is 2.24. The molecule has 0 radical (unpaired) electrons. The van der Waals surface area contributed by atoms with Gasteiger partial charge in [0.1, 0.15) is 6.33 Å². The number of rotatable bonds is 3. The lowest BCUT2D eigenvalue weighted by molar-refractivity contribution is 0.659. The third-order valence-corrected chi connectivity index (χ3v) is 6.04. The predicted octanol–water partition coefficient (Wildman–Crippen LogP) is 4.57. The second kappa shape index (κ2) is 6.53. The average Bonchev–Trinajstić information content (AvgIpc) is 3.26. The molecule has 28 heavy (non-hydrogen) atoms. The lowest BCUT2D eigenvalue weighted by Crippen LogP contribution is -2.04. The monoisotopic (exact) mass is 432 g/mol. The first-order valence-electron chi connectivity index (χ1n) is 8.99. The normalized spacial score (nSPS) is 11.5. The van der Waals surface area contributed by atoms with Crippen molar-refractivity contribution in [2.45, 2.75) is 20.4 Å². The number of hydrogen-bond donors (Lipinski definition) is 0. The predicted molar refractivity (Wildman–Crippen MR) is 112 cm³/mol. The van der Waals surface area contributed by atoms with Crippen LogP contribution < -0.4 is 0 Å². The summed E-state index contributed by atoms with van der Waals surface area (Å²) in [7, 11) is 0. The van der Waals surface area contributed by atoms with Gasteiger partial charge >= 0.3 is 0 Å². The number of halogens is 1. The zero-order valence-corrected chi connectivity index (χ0v) is 17.1. The highest BCUT2D eigenvalue weighted by molar-refractivity contribution is 9.10. The zero-order valence-electron chi connectivity index (χ0n) is 15.5. The standard InChI is InChI=1S/C21H17BrN6/c1-13-19(22)14(2)27(25-13)11-15-6-5-7-16(10-15)20-24-21-17-8-3-4-9-18(17)23-12-28(21)26-20/h3-10,12H,11H2,1-2H3. The van der Waals surface area contributed by atoms with Gasteiger partial charge in [0.15, 0.2) is 11.5 Å². The number of aryl methyl sites for hydroxylation is 1. The molecule has 3 aromatic heterocycles. The van der Waals surface area contributed by atoms with E-state index in [2.05, 4.69) is 50.2 Å². The van der Waals surface area contributed by atoms with Crippen LogP contribution in [0.5, 0.6) is 0 Å². The Morgan fingerprint density at radius 1 is 1.00 bits per heavy atom. The summed E-state index contributed by atoms with van der Waals surface area (Å²) < 4.78 is 4.81. The fourth-order valence-corrected chi connectivity index (χ4v) is 3.70. The van der Waals surface area contributed by atoms with Crippen LogP contribution in [0.1, 0.15) is 17.0 Å². The second-order valence-corrected chi connectivity index (χ2v) is 7.60. The van der Waals surface area contributed by atoms with Crippen LogP contribution >= 0.6 is 15.9 Å². The fourth-order valence-electron chi connectivity index (χ4n) is 3.41. The van der Waals surface area contributed by atoms with E-state index < -0.39 is 0 Å². The van der Waals surface area contributed by atoms with Crippen LogP contribution in [0.25, 0.3) is 27.9 Å². The number of para-hydroxylation sites is 1. The Labute approximate surface area is 170 Å². The Balaban J connectivity index is 1.55. The maximum Gasteiger partial charge on any atom is 0.182 e. The lowest BCUT2D eigenvalue weighted by Gasteiger charge is -2.06. The van der Waals surface area contributed by atoms with E-state index in [1.165, 1.54) is 0 Å². The summed E-state index contributed by atoms with van der Waals surface area (Å²) in [6.45, 7) is 4.77. The first-order valence-corrected chi connectivity index (χ1v) is 9.78. The Bertz CT molecular complexity index is 1330. The largest absolute Gasteiger partial charge is 0.264 e. The van der Waals surface area contributed by atoms with E-state index in [0.29, 0.717) is 12.4 Å². The molecule has 0 saturated heterocycles. The maximum absolute atomic E-state index is 4.78. The van der Waals surface area contributed by atoms with Gasteiger partial charge in [-0.3, -0.25) is 4.68 Å². The molecule has 0 aliphatic rings. The molecule has 138 valence electrons. The first-order chi connectivity index (χ1) is 13.6. The summed E-state index contributed by atoms with van der Waals surface area (Å²) in [5.41, 5.74) is 5.97. The van der Waals surface area contributed by atoms with Crippen molar-refractivity contribution >= 4 is 32.5 Å². The fraction of sp³-hybridized carbons (Fsp3) is 0.143. The molecule has 2 aromatic carbocycles. The molecule has 0 aliphatic heterocycles. The van der Waals surface area contributed by atoms with Crippen molar-refractivity contribution in [2.24, 2.45) is 0 Å². The van der Waals surface area contributed by atoms with Crippen molar-refractivity contribution in [3.8, 4) is 11.4 Å². The van der Waals surface area contributed by atoms with Gasteiger partial charge in [0, 0.05) is 10.9 Å². The third kappa shape index (κ3) is 2.79. The van der Waals surface area contributed by atoms with E-state index in [1.807, 2.05) is 48.0 Å². The van der Waals surface area contributed by atoms with Crippen LogP contribution in [0.2, 0.25) is 0 Å². The molecule has 5 aromatic rings. The van der Waals surface area contributed by atoms with Crippen LogP contribution in [-0.4, -0.2) is 29.4 Å². The number of fused-ring (bicyclic) bond motifs is 3. The van der Waals surface area contributed by atoms with E-state index in [1.54, 1.807) is 10.8 Å². The van der Waals surface area contributed by atoms with Gasteiger partial charge in [0.05, 0.1) is 27.9 Å². The number of benzene rings is 2. The molecule has 0 fully saturated rings. The molecule has 0 saturated carbocycles. The highest BCUT2D eigenvalue weighted by atomic mass is 79.9. The molecule has 0 spiro atoms. The summed E-state index contributed by atoms with van der Waals surface area (Å²) in [6, 6.07) is 16.3. The second-order valence-electron chi connectivity index (χ2n) is 6.81. The number of aromatic nitrogens is 6. The van der Waals surface area contributed by atoms with Crippen LogP contribution in [0, 0.1) is 13.8 Å². The van der Waals surface area contributed by atoms with Gasteiger partial charge in [-0.25, -0.2) is 14.5 Å². The minimum absolute atomic E-state index is 0.689. The van der Waals surface area contributed by atoms with Crippen LogP contribution in [0.15, 0.2) is 59.3 Å². The SMILES string of the molecule is Cc1nn(Cc2cccc(-c3nc4c5ccccc5ncn4n3)c2)c(C)c1Br. The Morgan fingerprint density at radius 3 is 2.68 bits per heavy atom. The zero-order chi connectivity index (χ0) is 19.3. The molecular weight excluding hydrogens is 416 g/mol. The van der Waals surface area contributed by atoms with Crippen LogP contribution in [0.4, 0.5) is 0 Å². The van der Waals surface area contributed by atoms with Gasteiger partial charge in [0.25, 0.3) is 0 Å². The number of nitrogens with zero attached hydrogens (tertiary/aromatic N) is 6. The molecule has 0 bridgehead atoms. The Morgan fingerprint density at radius 2 is 1.86 bits per heavy atom. The minimum Gasteiger partial charge on any atom is -0.264 e. The Kier molecular flexibility index (Phi) is 3.98. The molecule has 0 N–H and O–H groups in total. The quantitative estimate of drug-likeness (QED) is 0.418. The van der Waals surface area contributed by atoms with E-state index in [0.717, 1.165) is 43.5 Å². The van der Waals surface area contributed by atoms with E-state index >= 15 is 0 Å². The molecule has 3 heterocycles. The van der Waals surface area contributed by atoms with Crippen molar-refractivity contribution in [3.05, 3.63) is 76.3 Å². The topological polar surface area (TPSA) is 60.9 Å². The Hall–Kier alpha value is -3.06. The summed E-state index contributed by atoms with van der Waals surface area (Å²) in [6.07, 6.45) is 1.71. The van der Waals surface area contributed by atoms with Gasteiger partial charge in [-0.2, -0.15) is 5.10 Å². The summed E-state index contributed by atoms with van der Waals surface area (Å²) in [5, 5.41) is 10.2. The molecule has 0 amide bonds. The van der Waals surface area contributed by atoms with Crippen molar-refractivity contribution in [1.29, 1.82) is 0 Å². The third-order valence-electron chi connectivity index (χ3n) is 4.89. The lowest BCUT2D eigenvalue weighted by atomic mass is 10.1. The molecular formula is C21H17BrN6. The summed E-state index contributed by atoms with van der Waals surface area (Å²) in [5.74, 6) is 0.689. The molecule has 0 atom stereocenters. The average molecular weight is 433 g/mol. The molecule has 5 rings (SSSR count). The van der Waals surface area contributed by atoms with E-state index in [9.17, 15) is 0 Å². The van der Waals surface area contributed by atoms with Crippen molar-refractivity contribution in [1.82, 2.24) is 29.4 Å². The number of hydrogen-bond acceptors (Lipinski definition) is 4.